The Labute approximate surface area is 157 Å². The summed E-state index contributed by atoms with van der Waals surface area (Å²) in [6, 6.07) is 2.72. The molecule has 1 fully saturated rings. The first-order valence-electron chi connectivity index (χ1n) is 8.09. The Morgan fingerprint density at radius 1 is 1.21 bits per heavy atom. The van der Waals surface area contributed by atoms with Gasteiger partial charge in [0.15, 0.2) is 6.23 Å². The van der Waals surface area contributed by atoms with Crippen LogP contribution < -0.4 is 11.2 Å². The number of phosphoric acid groups is 1. The Hall–Kier alpha value is -2.12. The molecule has 0 spiro atoms. The maximum atomic E-state index is 12.7. The van der Waals surface area contributed by atoms with Crippen molar-refractivity contribution in [1.29, 1.82) is 0 Å². The average Bonchev–Trinajstić information content (AvgIpc) is 3.14. The van der Waals surface area contributed by atoms with E-state index in [9.17, 15) is 24.4 Å². The summed E-state index contributed by atoms with van der Waals surface area (Å²) < 4.78 is 23.8. The maximum absolute atomic E-state index is 12.7. The molecule has 4 N–H and O–H groups in total. The molecular weight excluding hydrogens is 399 g/mol. The first-order chi connectivity index (χ1) is 13.1. The van der Waals surface area contributed by atoms with Gasteiger partial charge in [0.2, 0.25) is 0 Å². The molecule has 0 bridgehead atoms. The molecule has 2 aromatic heterocycles. The number of aromatic nitrogens is 4. The molecule has 3 heterocycles. The molecular formula is C14H19N4O9P. The first-order valence-corrected chi connectivity index (χ1v) is 9.62. The van der Waals surface area contributed by atoms with Gasteiger partial charge >= 0.3 is 13.5 Å². The van der Waals surface area contributed by atoms with Gasteiger partial charge in [-0.25, -0.2) is 9.36 Å². The second-order valence-electron chi connectivity index (χ2n) is 6.24. The highest BCUT2D eigenvalue weighted by Crippen LogP contribution is 2.38. The molecule has 1 aliphatic rings. The van der Waals surface area contributed by atoms with Crippen LogP contribution in [0.15, 0.2) is 34.1 Å². The van der Waals surface area contributed by atoms with Gasteiger partial charge in [0, 0.05) is 25.5 Å². The molecule has 0 aliphatic carbocycles. The van der Waals surface area contributed by atoms with E-state index in [1.165, 1.54) is 4.68 Å². The van der Waals surface area contributed by atoms with Crippen LogP contribution >= 0.6 is 7.82 Å². The summed E-state index contributed by atoms with van der Waals surface area (Å²) in [6.45, 7) is -0.823. The number of aliphatic hydroxyl groups is 2. The van der Waals surface area contributed by atoms with Crippen molar-refractivity contribution in [1.82, 2.24) is 18.9 Å². The van der Waals surface area contributed by atoms with Crippen molar-refractivity contribution < 1.29 is 33.8 Å². The number of aryl methyl sites for hydroxylation is 1. The second-order valence-corrected chi connectivity index (χ2v) is 7.48. The molecule has 4 atom stereocenters. The van der Waals surface area contributed by atoms with Gasteiger partial charge in [-0.1, -0.05) is 0 Å². The van der Waals surface area contributed by atoms with E-state index in [1.54, 1.807) is 19.3 Å². The molecule has 0 radical (unpaired) electrons. The van der Waals surface area contributed by atoms with E-state index < -0.39 is 50.2 Å². The zero-order chi connectivity index (χ0) is 20.6. The average molecular weight is 418 g/mol. The molecule has 0 saturated carbocycles. The number of rotatable bonds is 6. The van der Waals surface area contributed by atoms with Crippen molar-refractivity contribution in [3.63, 3.8) is 0 Å². The van der Waals surface area contributed by atoms with Crippen LogP contribution in [0.3, 0.4) is 0 Å². The minimum atomic E-state index is -4.81. The van der Waals surface area contributed by atoms with Crippen LogP contribution in [0.5, 0.6) is 0 Å². The molecule has 0 amide bonds. The summed E-state index contributed by atoms with van der Waals surface area (Å²) in [5, 5.41) is 24.3. The lowest BCUT2D eigenvalue weighted by Gasteiger charge is -2.18. The van der Waals surface area contributed by atoms with Crippen LogP contribution in [0.2, 0.25) is 0 Å². The quantitative estimate of drug-likeness (QED) is 0.367. The van der Waals surface area contributed by atoms with Crippen molar-refractivity contribution in [3.05, 3.63) is 51.1 Å². The van der Waals surface area contributed by atoms with Crippen molar-refractivity contribution in [2.75, 3.05) is 6.61 Å². The highest BCUT2D eigenvalue weighted by molar-refractivity contribution is 7.46. The van der Waals surface area contributed by atoms with Gasteiger partial charge in [0.05, 0.1) is 18.8 Å². The number of hydrogen-bond acceptors (Lipinski definition) is 8. The number of hydrogen-bond donors (Lipinski definition) is 4. The standard InChI is InChI=1S/C14H19N4O9P/c1-16-4-2-8(15-16)6-18-10(19)3-5-17(14(18)22)13-12(21)11(20)9(27-13)7-26-28(23,24)25/h2-5,9,11-13,20-21H,6-7H2,1H3,(H2,23,24,25)/t9-,11+,12?,13-/m1/s1. The van der Waals surface area contributed by atoms with Crippen molar-refractivity contribution in [3.8, 4) is 0 Å². The molecule has 0 aromatic carbocycles. The third-order valence-electron chi connectivity index (χ3n) is 4.20. The zero-order valence-electron chi connectivity index (χ0n) is 14.6. The van der Waals surface area contributed by atoms with Crippen molar-refractivity contribution in [2.45, 2.75) is 31.1 Å². The van der Waals surface area contributed by atoms with Gasteiger partial charge in [-0.3, -0.25) is 23.1 Å². The fraction of sp³-hybridized carbons (Fsp3) is 0.500. The predicted molar refractivity (Wildman–Crippen MR) is 91.2 cm³/mol. The second kappa shape index (κ2) is 7.72. The van der Waals surface area contributed by atoms with Crippen LogP contribution in [0.25, 0.3) is 0 Å². The van der Waals surface area contributed by atoms with E-state index >= 15 is 0 Å². The molecule has 154 valence electrons. The van der Waals surface area contributed by atoms with Crippen molar-refractivity contribution in [2.24, 2.45) is 7.05 Å². The van der Waals surface area contributed by atoms with Gasteiger partial charge < -0.3 is 24.7 Å². The summed E-state index contributed by atoms with van der Waals surface area (Å²) in [6.07, 6.45) is -3.09. The van der Waals surface area contributed by atoms with Crippen LogP contribution in [0, 0.1) is 0 Å². The Kier molecular flexibility index (Phi) is 5.68. The van der Waals surface area contributed by atoms with E-state index in [4.69, 9.17) is 14.5 Å². The summed E-state index contributed by atoms with van der Waals surface area (Å²) >= 11 is 0. The predicted octanol–water partition coefficient (Wildman–Crippen LogP) is -2.48. The van der Waals surface area contributed by atoms with Gasteiger partial charge in [-0.15, -0.1) is 0 Å². The van der Waals surface area contributed by atoms with Crippen LogP contribution in [0.4, 0.5) is 0 Å². The molecule has 1 unspecified atom stereocenters. The molecule has 28 heavy (non-hydrogen) atoms. The Bertz CT molecular complexity index is 1010. The fourth-order valence-corrected chi connectivity index (χ4v) is 3.19. The molecule has 3 rings (SSSR count). The maximum Gasteiger partial charge on any atom is 0.469 e. The molecule has 13 nitrogen and oxygen atoms in total. The normalized spacial score (nSPS) is 25.3. The third-order valence-corrected chi connectivity index (χ3v) is 4.69. The van der Waals surface area contributed by atoms with E-state index in [0.29, 0.717) is 5.69 Å². The third kappa shape index (κ3) is 4.31. The summed E-state index contributed by atoms with van der Waals surface area (Å²) in [7, 11) is -3.13. The molecule has 1 aliphatic heterocycles. The summed E-state index contributed by atoms with van der Waals surface area (Å²) in [4.78, 5) is 42.3. The summed E-state index contributed by atoms with van der Waals surface area (Å²) in [5.74, 6) is 0. The number of ether oxygens (including phenoxy) is 1. The van der Waals surface area contributed by atoms with E-state index in [-0.39, 0.29) is 6.54 Å². The lowest BCUT2D eigenvalue weighted by atomic mass is 10.1. The molecule has 1 saturated heterocycles. The highest BCUT2D eigenvalue weighted by Gasteiger charge is 2.45. The van der Waals surface area contributed by atoms with Gasteiger partial charge in [0.25, 0.3) is 5.56 Å². The van der Waals surface area contributed by atoms with Crippen molar-refractivity contribution >= 4 is 7.82 Å². The van der Waals surface area contributed by atoms with E-state index in [1.807, 2.05) is 0 Å². The highest BCUT2D eigenvalue weighted by atomic mass is 31.2. The van der Waals surface area contributed by atoms with Gasteiger partial charge in [0.1, 0.15) is 18.3 Å². The summed E-state index contributed by atoms with van der Waals surface area (Å²) in [5.41, 5.74) is -0.951. The van der Waals surface area contributed by atoms with Gasteiger partial charge in [-0.05, 0) is 6.07 Å². The SMILES string of the molecule is Cn1ccc(Cn2c(=O)ccn([C@@H]3O[C@H](COP(=O)(O)O)[C@H](O)C3O)c2=O)n1. The fourth-order valence-electron chi connectivity index (χ4n) is 2.85. The molecule has 2 aromatic rings. The Morgan fingerprint density at radius 2 is 1.93 bits per heavy atom. The number of phosphoric ester groups is 1. The largest absolute Gasteiger partial charge is 0.469 e. The zero-order valence-corrected chi connectivity index (χ0v) is 15.5. The van der Waals surface area contributed by atoms with Crippen LogP contribution in [-0.2, 0) is 27.4 Å². The lowest BCUT2D eigenvalue weighted by Crippen LogP contribution is -2.43. The van der Waals surface area contributed by atoms with Gasteiger partial charge in [-0.2, -0.15) is 5.10 Å². The Balaban J connectivity index is 1.87. The van der Waals surface area contributed by atoms with E-state index in [0.717, 1.165) is 21.4 Å². The smallest absolute Gasteiger partial charge is 0.387 e. The molecule has 14 heteroatoms. The number of nitrogens with zero attached hydrogens (tertiary/aromatic N) is 4. The monoisotopic (exact) mass is 418 g/mol. The minimum Gasteiger partial charge on any atom is -0.387 e. The van der Waals surface area contributed by atoms with Crippen LogP contribution in [-0.4, -0.2) is 63.8 Å². The topological polar surface area (TPSA) is 178 Å². The lowest BCUT2D eigenvalue weighted by molar-refractivity contribution is -0.0548. The first kappa shape index (κ1) is 20.6. The number of aliphatic hydroxyl groups excluding tert-OH is 2. The van der Waals surface area contributed by atoms with Crippen LogP contribution in [0.1, 0.15) is 11.9 Å². The van der Waals surface area contributed by atoms with E-state index in [2.05, 4.69) is 9.62 Å². The Morgan fingerprint density at radius 3 is 2.54 bits per heavy atom. The minimum absolute atomic E-state index is 0.116.